The van der Waals surface area contributed by atoms with Gasteiger partial charge in [-0.15, -0.1) is 11.8 Å². The van der Waals surface area contributed by atoms with Gasteiger partial charge in [-0.1, -0.05) is 31.5 Å². The summed E-state index contributed by atoms with van der Waals surface area (Å²) in [5.74, 6) is 0. The highest BCUT2D eigenvalue weighted by Crippen LogP contribution is 2.29. The first-order valence-corrected chi connectivity index (χ1v) is 7.13. The Morgan fingerprint density at radius 2 is 2.18 bits per heavy atom. The molecule has 0 radical (unpaired) electrons. The zero-order valence-corrected chi connectivity index (χ0v) is 11.8. The molecule has 0 aliphatic rings. The molecule has 3 heteroatoms. The molecule has 1 atom stereocenters. The summed E-state index contributed by atoms with van der Waals surface area (Å²) in [6.07, 6.45) is 0.846. The van der Waals surface area contributed by atoms with Crippen LogP contribution in [0.25, 0.3) is 0 Å². The van der Waals surface area contributed by atoms with Crippen molar-refractivity contribution in [2.24, 2.45) is 0 Å². The van der Waals surface area contributed by atoms with E-state index in [1.165, 1.54) is 16.0 Å². The number of hydrogen-bond donors (Lipinski definition) is 2. The molecule has 0 heterocycles. The van der Waals surface area contributed by atoms with Crippen molar-refractivity contribution < 1.29 is 5.11 Å². The molecule has 0 bridgehead atoms. The fourth-order valence-electron chi connectivity index (χ4n) is 1.68. The van der Waals surface area contributed by atoms with Gasteiger partial charge in [0.15, 0.2) is 0 Å². The van der Waals surface area contributed by atoms with Crippen LogP contribution in [0, 0.1) is 6.92 Å². The normalized spacial score (nSPS) is 12.7. The van der Waals surface area contributed by atoms with Crippen LogP contribution in [0.2, 0.25) is 0 Å². The van der Waals surface area contributed by atoms with E-state index in [-0.39, 0.29) is 6.61 Å². The second-order valence-electron chi connectivity index (χ2n) is 4.33. The molecular formula is C14H23NOS. The highest BCUT2D eigenvalue weighted by molar-refractivity contribution is 8.00. The lowest BCUT2D eigenvalue weighted by Crippen LogP contribution is -2.13. The summed E-state index contributed by atoms with van der Waals surface area (Å²) in [4.78, 5) is 1.33. The number of aryl methyl sites for hydroxylation is 1. The summed E-state index contributed by atoms with van der Waals surface area (Å²) in [5, 5.41) is 12.8. The summed E-state index contributed by atoms with van der Waals surface area (Å²) in [6, 6.07) is 6.60. The van der Waals surface area contributed by atoms with Crippen LogP contribution in [0.15, 0.2) is 23.1 Å². The molecule has 1 unspecified atom stereocenters. The van der Waals surface area contributed by atoms with Crippen LogP contribution >= 0.6 is 11.8 Å². The van der Waals surface area contributed by atoms with E-state index >= 15 is 0 Å². The Labute approximate surface area is 109 Å². The second kappa shape index (κ2) is 7.75. The average Bonchev–Trinajstić information content (AvgIpc) is 2.30. The number of aliphatic hydroxyl groups is 1. The average molecular weight is 253 g/mol. The molecule has 2 N–H and O–H groups in total. The van der Waals surface area contributed by atoms with Gasteiger partial charge in [0.1, 0.15) is 0 Å². The largest absolute Gasteiger partial charge is 0.396 e. The number of hydrogen-bond acceptors (Lipinski definition) is 3. The van der Waals surface area contributed by atoms with Gasteiger partial charge >= 0.3 is 0 Å². The molecule has 0 fully saturated rings. The molecule has 1 aromatic rings. The molecular weight excluding hydrogens is 230 g/mol. The van der Waals surface area contributed by atoms with Gasteiger partial charge in [0.25, 0.3) is 0 Å². The minimum atomic E-state index is 0.266. The topological polar surface area (TPSA) is 32.3 Å². The Bertz CT molecular complexity index is 341. The van der Waals surface area contributed by atoms with Crippen LogP contribution in [0.4, 0.5) is 0 Å². The Morgan fingerprint density at radius 1 is 1.41 bits per heavy atom. The third-order valence-corrected chi connectivity index (χ3v) is 3.94. The van der Waals surface area contributed by atoms with Gasteiger partial charge in [0, 0.05) is 23.3 Å². The van der Waals surface area contributed by atoms with Crippen LogP contribution in [0.1, 0.15) is 31.4 Å². The number of aliphatic hydroxyl groups excluding tert-OH is 1. The molecule has 0 aliphatic heterocycles. The van der Waals surface area contributed by atoms with Gasteiger partial charge < -0.3 is 10.4 Å². The van der Waals surface area contributed by atoms with Gasteiger partial charge in [-0.25, -0.2) is 0 Å². The zero-order chi connectivity index (χ0) is 12.7. The third-order valence-electron chi connectivity index (χ3n) is 2.65. The maximum atomic E-state index is 8.94. The first-order valence-electron chi connectivity index (χ1n) is 6.25. The van der Waals surface area contributed by atoms with Crippen molar-refractivity contribution in [1.29, 1.82) is 0 Å². The molecule has 17 heavy (non-hydrogen) atoms. The summed E-state index contributed by atoms with van der Waals surface area (Å²) < 4.78 is 0. The minimum Gasteiger partial charge on any atom is -0.396 e. The standard InChI is InChI=1S/C14H23NOS/c1-4-15-10-13-9-11(2)5-6-14(13)17-12(3)7-8-16/h5-6,9,12,15-16H,4,7-8,10H2,1-3H3. The Hall–Kier alpha value is -0.510. The number of benzene rings is 1. The van der Waals surface area contributed by atoms with Gasteiger partial charge in [-0.3, -0.25) is 0 Å². The maximum absolute atomic E-state index is 8.94. The second-order valence-corrected chi connectivity index (χ2v) is 5.81. The zero-order valence-electron chi connectivity index (χ0n) is 11.0. The minimum absolute atomic E-state index is 0.266. The summed E-state index contributed by atoms with van der Waals surface area (Å²) in [7, 11) is 0. The van der Waals surface area contributed by atoms with Crippen molar-refractivity contribution in [1.82, 2.24) is 5.32 Å². The van der Waals surface area contributed by atoms with Gasteiger partial charge in [0.2, 0.25) is 0 Å². The lowest BCUT2D eigenvalue weighted by atomic mass is 10.1. The van der Waals surface area contributed by atoms with Crippen molar-refractivity contribution >= 4 is 11.8 Å². The van der Waals surface area contributed by atoms with Crippen LogP contribution in [0.5, 0.6) is 0 Å². The van der Waals surface area contributed by atoms with Gasteiger partial charge in [-0.05, 0) is 31.5 Å². The molecule has 2 nitrogen and oxygen atoms in total. The van der Waals surface area contributed by atoms with Gasteiger partial charge in [-0.2, -0.15) is 0 Å². The molecule has 0 amide bonds. The SMILES string of the molecule is CCNCc1cc(C)ccc1SC(C)CCO. The quantitative estimate of drug-likeness (QED) is 0.733. The molecule has 0 saturated heterocycles. The Balaban J connectivity index is 2.74. The van der Waals surface area contributed by atoms with Crippen molar-refractivity contribution in [3.05, 3.63) is 29.3 Å². The van der Waals surface area contributed by atoms with E-state index in [9.17, 15) is 0 Å². The lowest BCUT2D eigenvalue weighted by molar-refractivity contribution is 0.289. The predicted molar refractivity (Wildman–Crippen MR) is 75.6 cm³/mol. The predicted octanol–water partition coefficient (Wildman–Crippen LogP) is 2.97. The third kappa shape index (κ3) is 5.11. The van der Waals surface area contributed by atoms with E-state index in [2.05, 4.69) is 44.3 Å². The van der Waals surface area contributed by atoms with Crippen molar-refractivity contribution in [2.75, 3.05) is 13.2 Å². The molecule has 0 aromatic heterocycles. The van der Waals surface area contributed by atoms with Crippen LogP contribution < -0.4 is 5.32 Å². The molecule has 1 aromatic carbocycles. The number of thioether (sulfide) groups is 1. The molecule has 96 valence electrons. The highest BCUT2D eigenvalue weighted by atomic mass is 32.2. The van der Waals surface area contributed by atoms with Crippen LogP contribution in [0.3, 0.4) is 0 Å². The van der Waals surface area contributed by atoms with Crippen LogP contribution in [-0.4, -0.2) is 23.5 Å². The molecule has 0 aliphatic carbocycles. The summed E-state index contributed by atoms with van der Waals surface area (Å²) in [6.45, 7) is 8.59. The van der Waals surface area contributed by atoms with Crippen molar-refractivity contribution in [2.45, 2.75) is 43.9 Å². The summed E-state index contributed by atoms with van der Waals surface area (Å²) >= 11 is 1.85. The van der Waals surface area contributed by atoms with E-state index in [0.29, 0.717) is 5.25 Å². The van der Waals surface area contributed by atoms with Crippen molar-refractivity contribution in [3.63, 3.8) is 0 Å². The highest BCUT2D eigenvalue weighted by Gasteiger charge is 2.08. The van der Waals surface area contributed by atoms with E-state index in [1.54, 1.807) is 0 Å². The molecule has 1 rings (SSSR count). The fourth-order valence-corrected chi connectivity index (χ4v) is 2.76. The van der Waals surface area contributed by atoms with Crippen molar-refractivity contribution in [3.8, 4) is 0 Å². The maximum Gasteiger partial charge on any atom is 0.0441 e. The smallest absolute Gasteiger partial charge is 0.0441 e. The van der Waals surface area contributed by atoms with Gasteiger partial charge in [0.05, 0.1) is 0 Å². The Morgan fingerprint density at radius 3 is 2.82 bits per heavy atom. The number of rotatable bonds is 7. The first-order chi connectivity index (χ1) is 8.17. The van der Waals surface area contributed by atoms with E-state index in [4.69, 9.17) is 5.11 Å². The number of nitrogens with one attached hydrogen (secondary N) is 1. The Kier molecular flexibility index (Phi) is 6.63. The monoisotopic (exact) mass is 253 g/mol. The lowest BCUT2D eigenvalue weighted by Gasteiger charge is -2.14. The van der Waals surface area contributed by atoms with E-state index in [0.717, 1.165) is 19.5 Å². The van der Waals surface area contributed by atoms with E-state index < -0.39 is 0 Å². The summed E-state index contributed by atoms with van der Waals surface area (Å²) in [5.41, 5.74) is 2.67. The molecule has 0 spiro atoms. The van der Waals surface area contributed by atoms with E-state index in [1.807, 2.05) is 11.8 Å². The fraction of sp³-hybridized carbons (Fsp3) is 0.571. The molecule has 0 saturated carbocycles. The first kappa shape index (κ1) is 14.6. The van der Waals surface area contributed by atoms with Crippen LogP contribution in [-0.2, 0) is 6.54 Å².